The predicted octanol–water partition coefficient (Wildman–Crippen LogP) is 4.26. The van der Waals surface area contributed by atoms with Gasteiger partial charge < -0.3 is 19.2 Å². The Hall–Kier alpha value is -3.10. The molecule has 158 valence electrons. The van der Waals surface area contributed by atoms with Crippen molar-refractivity contribution in [1.29, 1.82) is 0 Å². The molecule has 0 aliphatic carbocycles. The van der Waals surface area contributed by atoms with Crippen LogP contribution < -0.4 is 10.1 Å². The summed E-state index contributed by atoms with van der Waals surface area (Å²) in [5.74, 6) is 0.803. The van der Waals surface area contributed by atoms with Gasteiger partial charge in [0, 0.05) is 10.9 Å². The van der Waals surface area contributed by atoms with Gasteiger partial charge in [0.15, 0.2) is 0 Å². The molecule has 2 heterocycles. The number of carbonyl (C=O) groups is 2. The standard InChI is InChI=1S/C22H24N2O5S/c1-4-28-22(26)20-18(15-7-9-16(27-3)10-8-15)14-30-21(20)23-19(25)13-24(2)12-17-6-5-11-29-17/h5-11,14H,4,12-13H2,1-3H3,(H,23,25). The lowest BCUT2D eigenvalue weighted by Crippen LogP contribution is -2.30. The Morgan fingerprint density at radius 2 is 1.97 bits per heavy atom. The molecule has 0 bridgehead atoms. The number of rotatable bonds is 9. The van der Waals surface area contributed by atoms with E-state index in [1.807, 2.05) is 47.7 Å². The summed E-state index contributed by atoms with van der Waals surface area (Å²) in [4.78, 5) is 27.0. The molecule has 30 heavy (non-hydrogen) atoms. The van der Waals surface area contributed by atoms with Crippen LogP contribution in [0.15, 0.2) is 52.5 Å². The molecule has 1 N–H and O–H groups in total. The highest BCUT2D eigenvalue weighted by atomic mass is 32.1. The molecule has 0 unspecified atom stereocenters. The largest absolute Gasteiger partial charge is 0.497 e. The average molecular weight is 429 g/mol. The average Bonchev–Trinajstić information content (AvgIpc) is 3.38. The predicted molar refractivity (Wildman–Crippen MR) is 116 cm³/mol. The number of thiophene rings is 1. The van der Waals surface area contributed by atoms with Crippen LogP contribution in [0.4, 0.5) is 5.00 Å². The second kappa shape index (κ2) is 10.1. The third kappa shape index (κ3) is 5.28. The van der Waals surface area contributed by atoms with Crippen molar-refractivity contribution in [2.45, 2.75) is 13.5 Å². The molecular formula is C22H24N2O5S. The Bertz CT molecular complexity index is 980. The molecule has 0 radical (unpaired) electrons. The van der Waals surface area contributed by atoms with Crippen LogP contribution in [-0.2, 0) is 16.1 Å². The number of likely N-dealkylation sites (N-methyl/N-ethyl adjacent to an activating group) is 1. The molecule has 0 spiro atoms. The number of esters is 1. The smallest absolute Gasteiger partial charge is 0.341 e. The number of benzene rings is 1. The Labute approximate surface area is 179 Å². The van der Waals surface area contributed by atoms with Gasteiger partial charge in [0.1, 0.15) is 22.1 Å². The number of hydrogen-bond acceptors (Lipinski definition) is 7. The van der Waals surface area contributed by atoms with E-state index in [9.17, 15) is 9.59 Å². The molecule has 8 heteroatoms. The first kappa shape index (κ1) is 21.6. The summed E-state index contributed by atoms with van der Waals surface area (Å²) >= 11 is 1.29. The van der Waals surface area contributed by atoms with E-state index in [4.69, 9.17) is 13.9 Å². The highest BCUT2D eigenvalue weighted by Gasteiger charge is 2.23. The van der Waals surface area contributed by atoms with Crippen molar-refractivity contribution in [3.8, 4) is 16.9 Å². The van der Waals surface area contributed by atoms with E-state index in [-0.39, 0.29) is 19.1 Å². The van der Waals surface area contributed by atoms with Gasteiger partial charge in [0.25, 0.3) is 0 Å². The van der Waals surface area contributed by atoms with Gasteiger partial charge >= 0.3 is 5.97 Å². The van der Waals surface area contributed by atoms with Crippen LogP contribution in [0, 0.1) is 0 Å². The van der Waals surface area contributed by atoms with E-state index in [2.05, 4.69) is 5.32 Å². The highest BCUT2D eigenvalue weighted by molar-refractivity contribution is 7.15. The maximum absolute atomic E-state index is 12.6. The molecule has 0 aliphatic heterocycles. The highest BCUT2D eigenvalue weighted by Crippen LogP contribution is 2.36. The molecule has 0 saturated carbocycles. The van der Waals surface area contributed by atoms with Crippen molar-refractivity contribution in [2.75, 3.05) is 32.6 Å². The third-order valence-corrected chi connectivity index (χ3v) is 5.24. The van der Waals surface area contributed by atoms with Crippen LogP contribution in [0.1, 0.15) is 23.0 Å². The zero-order chi connectivity index (χ0) is 21.5. The number of ether oxygens (including phenoxy) is 2. The summed E-state index contributed by atoms with van der Waals surface area (Å²) < 4.78 is 15.7. The first-order valence-corrected chi connectivity index (χ1v) is 10.3. The third-order valence-electron chi connectivity index (χ3n) is 4.34. The van der Waals surface area contributed by atoms with Gasteiger partial charge in [-0.1, -0.05) is 12.1 Å². The molecule has 3 aromatic rings. The minimum Gasteiger partial charge on any atom is -0.497 e. The lowest BCUT2D eigenvalue weighted by atomic mass is 10.0. The summed E-state index contributed by atoms with van der Waals surface area (Å²) in [5, 5.41) is 5.17. The van der Waals surface area contributed by atoms with Gasteiger partial charge in [0.2, 0.25) is 5.91 Å². The maximum atomic E-state index is 12.6. The van der Waals surface area contributed by atoms with Crippen molar-refractivity contribution in [2.24, 2.45) is 0 Å². The SMILES string of the molecule is CCOC(=O)c1c(-c2ccc(OC)cc2)csc1NC(=O)CN(C)Cc1ccco1. The van der Waals surface area contributed by atoms with Gasteiger partial charge in [-0.3, -0.25) is 9.69 Å². The van der Waals surface area contributed by atoms with E-state index < -0.39 is 5.97 Å². The summed E-state index contributed by atoms with van der Waals surface area (Å²) in [5.41, 5.74) is 1.90. The Morgan fingerprint density at radius 3 is 2.60 bits per heavy atom. The number of nitrogens with one attached hydrogen (secondary N) is 1. The van der Waals surface area contributed by atoms with Crippen LogP contribution in [0.2, 0.25) is 0 Å². The summed E-state index contributed by atoms with van der Waals surface area (Å²) in [6, 6.07) is 11.0. The van der Waals surface area contributed by atoms with Crippen molar-refractivity contribution in [3.05, 3.63) is 59.4 Å². The van der Waals surface area contributed by atoms with E-state index in [1.165, 1.54) is 11.3 Å². The molecule has 0 atom stereocenters. The van der Waals surface area contributed by atoms with Gasteiger partial charge in [0.05, 0.1) is 33.1 Å². The van der Waals surface area contributed by atoms with Gasteiger partial charge in [-0.25, -0.2) is 4.79 Å². The normalized spacial score (nSPS) is 10.8. The Balaban J connectivity index is 1.78. The molecule has 1 aromatic carbocycles. The van der Waals surface area contributed by atoms with Gasteiger partial charge in [-0.05, 0) is 43.8 Å². The second-order valence-corrected chi connectivity index (χ2v) is 7.48. The minimum atomic E-state index is -0.469. The molecule has 2 aromatic heterocycles. The first-order chi connectivity index (χ1) is 14.5. The molecule has 0 fully saturated rings. The lowest BCUT2D eigenvalue weighted by molar-refractivity contribution is -0.117. The number of anilines is 1. The molecule has 0 aliphatic rings. The topological polar surface area (TPSA) is 81.0 Å². The van der Waals surface area contributed by atoms with Crippen molar-refractivity contribution < 1.29 is 23.5 Å². The number of furan rings is 1. The number of methoxy groups -OCH3 is 1. The van der Waals surface area contributed by atoms with E-state index in [0.717, 1.165) is 17.1 Å². The zero-order valence-electron chi connectivity index (χ0n) is 17.1. The molecule has 7 nitrogen and oxygen atoms in total. The lowest BCUT2D eigenvalue weighted by Gasteiger charge is -2.15. The molecular weight excluding hydrogens is 404 g/mol. The minimum absolute atomic E-state index is 0.152. The van der Waals surface area contributed by atoms with Crippen LogP contribution in [0.5, 0.6) is 5.75 Å². The van der Waals surface area contributed by atoms with Crippen LogP contribution in [0.25, 0.3) is 11.1 Å². The Kier molecular flexibility index (Phi) is 7.26. The molecule has 3 rings (SSSR count). The zero-order valence-corrected chi connectivity index (χ0v) is 18.0. The van der Waals surface area contributed by atoms with Gasteiger partial charge in [-0.15, -0.1) is 11.3 Å². The number of amides is 1. The molecule has 1 amide bonds. The fourth-order valence-electron chi connectivity index (χ4n) is 2.97. The van der Waals surface area contributed by atoms with Crippen LogP contribution >= 0.6 is 11.3 Å². The maximum Gasteiger partial charge on any atom is 0.341 e. The van der Waals surface area contributed by atoms with Crippen LogP contribution in [-0.4, -0.2) is 44.1 Å². The number of nitrogens with zero attached hydrogens (tertiary/aromatic N) is 1. The summed E-state index contributed by atoms with van der Waals surface area (Å²) in [6.45, 7) is 2.65. The van der Waals surface area contributed by atoms with Crippen molar-refractivity contribution in [3.63, 3.8) is 0 Å². The fourth-order valence-corrected chi connectivity index (χ4v) is 3.95. The van der Waals surface area contributed by atoms with Crippen molar-refractivity contribution >= 4 is 28.2 Å². The summed E-state index contributed by atoms with van der Waals surface area (Å²) in [6.07, 6.45) is 1.60. The first-order valence-electron chi connectivity index (χ1n) is 9.45. The van der Waals surface area contributed by atoms with Crippen LogP contribution in [0.3, 0.4) is 0 Å². The van der Waals surface area contributed by atoms with E-state index >= 15 is 0 Å². The Morgan fingerprint density at radius 1 is 1.20 bits per heavy atom. The monoisotopic (exact) mass is 428 g/mol. The molecule has 0 saturated heterocycles. The van der Waals surface area contributed by atoms with Crippen molar-refractivity contribution in [1.82, 2.24) is 4.90 Å². The van der Waals surface area contributed by atoms with E-state index in [0.29, 0.717) is 22.7 Å². The fraction of sp³-hybridized carbons (Fsp3) is 0.273. The number of hydrogen-bond donors (Lipinski definition) is 1. The summed E-state index contributed by atoms with van der Waals surface area (Å²) in [7, 11) is 3.42. The van der Waals surface area contributed by atoms with Gasteiger partial charge in [-0.2, -0.15) is 0 Å². The van der Waals surface area contributed by atoms with E-state index in [1.54, 1.807) is 26.4 Å². The quantitative estimate of drug-likeness (QED) is 0.513. The number of carbonyl (C=O) groups excluding carboxylic acids is 2. The second-order valence-electron chi connectivity index (χ2n) is 6.60.